The zero-order chi connectivity index (χ0) is 35.8. The summed E-state index contributed by atoms with van der Waals surface area (Å²) in [7, 11) is 7.17. The van der Waals surface area contributed by atoms with Crippen LogP contribution in [0.25, 0.3) is 0 Å². The Balaban J connectivity index is 1.31. The third-order valence-corrected chi connectivity index (χ3v) is 13.8. The minimum atomic E-state index is -0.848. The van der Waals surface area contributed by atoms with Crippen molar-refractivity contribution < 1.29 is 38.9 Å². The first kappa shape index (κ1) is 38.4. The van der Waals surface area contributed by atoms with Gasteiger partial charge in [0.25, 0.3) is 0 Å². The molecular formula is C37H64N4O8. The maximum absolute atomic E-state index is 14.2. The number of esters is 1. The van der Waals surface area contributed by atoms with Crippen molar-refractivity contribution in [2.75, 3.05) is 48.0 Å². The van der Waals surface area contributed by atoms with Crippen LogP contribution in [0.1, 0.15) is 79.1 Å². The van der Waals surface area contributed by atoms with E-state index in [0.717, 1.165) is 44.9 Å². The lowest BCUT2D eigenvalue weighted by molar-refractivity contribution is -0.193. The van der Waals surface area contributed by atoms with Gasteiger partial charge in [0.2, 0.25) is 11.8 Å². The van der Waals surface area contributed by atoms with E-state index in [0.29, 0.717) is 29.7 Å². The fraction of sp³-hybridized carbons (Fsp3) is 0.919. The molecule has 6 rings (SSSR count). The Morgan fingerprint density at radius 3 is 2.39 bits per heavy atom. The van der Waals surface area contributed by atoms with Crippen molar-refractivity contribution in [2.45, 2.75) is 115 Å². The van der Waals surface area contributed by atoms with Gasteiger partial charge < -0.3 is 35.2 Å². The number of hydrogen-bond acceptors (Lipinski definition) is 10. The summed E-state index contributed by atoms with van der Waals surface area (Å²) in [4.78, 5) is 47.7. The maximum Gasteiger partial charge on any atom is 0.325 e. The van der Waals surface area contributed by atoms with E-state index in [-0.39, 0.29) is 66.8 Å². The van der Waals surface area contributed by atoms with E-state index in [9.17, 15) is 24.6 Å². The Kier molecular flexibility index (Phi) is 12.4. The third kappa shape index (κ3) is 7.84. The molecule has 4 N–H and O–H groups in total. The number of rotatable bonds is 12. The highest BCUT2D eigenvalue weighted by Crippen LogP contribution is 2.61. The summed E-state index contributed by atoms with van der Waals surface area (Å²) in [6, 6.07) is -0.436. The quantitative estimate of drug-likeness (QED) is 0.224. The molecule has 1 saturated heterocycles. The molecule has 280 valence electrons. The summed E-state index contributed by atoms with van der Waals surface area (Å²) < 4.78 is 11.0. The van der Waals surface area contributed by atoms with Crippen molar-refractivity contribution in [3.63, 3.8) is 0 Å². The van der Waals surface area contributed by atoms with Crippen molar-refractivity contribution in [2.24, 2.45) is 52.8 Å². The first-order valence-electron chi connectivity index (χ1n) is 18.8. The molecule has 0 aromatic carbocycles. The SMILES string of the molecule is COC(=O)CNC(=O)C1CC(C2CCCC(CN3O[C@@H](CO)[C@@H]([C@H](C)O)[C@H]3C(=O)N[C@H]3C[C@H]4C[C@@H]([C@@H]3C)C4(C)C)C2OC)CC(N(C)C)C1. The molecule has 0 radical (unpaired) electrons. The lowest BCUT2D eigenvalue weighted by Gasteiger charge is -2.62. The molecule has 2 bridgehead atoms. The predicted octanol–water partition coefficient (Wildman–Crippen LogP) is 2.21. The van der Waals surface area contributed by atoms with Crippen LogP contribution in [-0.4, -0.2) is 122 Å². The van der Waals surface area contributed by atoms with E-state index in [1.54, 1.807) is 19.1 Å². The Labute approximate surface area is 293 Å². The van der Waals surface area contributed by atoms with Crippen LogP contribution < -0.4 is 10.6 Å². The third-order valence-electron chi connectivity index (χ3n) is 13.8. The van der Waals surface area contributed by atoms with Gasteiger partial charge in [-0.05, 0) is 101 Å². The Morgan fingerprint density at radius 1 is 1.06 bits per heavy atom. The van der Waals surface area contributed by atoms with Crippen LogP contribution in [0.2, 0.25) is 0 Å². The molecule has 6 unspecified atom stereocenters. The molecule has 0 aromatic rings. The minimum absolute atomic E-state index is 0.0551. The van der Waals surface area contributed by atoms with Gasteiger partial charge in [0, 0.05) is 43.5 Å². The second-order valence-corrected chi connectivity index (χ2v) is 16.9. The van der Waals surface area contributed by atoms with Gasteiger partial charge in [-0.25, -0.2) is 0 Å². The first-order chi connectivity index (χ1) is 23.2. The lowest BCUT2D eigenvalue weighted by atomic mass is 9.45. The number of nitrogens with zero attached hydrogens (tertiary/aromatic N) is 2. The van der Waals surface area contributed by atoms with E-state index >= 15 is 0 Å². The number of hydroxylamine groups is 2. The average Bonchev–Trinajstić information content (AvgIpc) is 3.45. The molecule has 49 heavy (non-hydrogen) atoms. The Morgan fingerprint density at radius 2 is 1.80 bits per heavy atom. The number of ether oxygens (including phenoxy) is 2. The lowest BCUT2D eigenvalue weighted by Crippen LogP contribution is -2.62. The zero-order valence-corrected chi connectivity index (χ0v) is 31.1. The average molecular weight is 693 g/mol. The largest absolute Gasteiger partial charge is 0.468 e. The highest BCUT2D eigenvalue weighted by atomic mass is 16.7. The summed E-state index contributed by atoms with van der Waals surface area (Å²) in [5, 5.41) is 29.2. The highest BCUT2D eigenvalue weighted by molar-refractivity contribution is 5.84. The number of carbonyl (C=O) groups excluding carboxylic acids is 3. The number of nitrogens with one attached hydrogen (secondary N) is 2. The van der Waals surface area contributed by atoms with E-state index in [1.165, 1.54) is 13.5 Å². The molecule has 5 saturated carbocycles. The summed E-state index contributed by atoms with van der Waals surface area (Å²) in [6.45, 7) is 8.64. The maximum atomic E-state index is 14.2. The molecule has 5 aliphatic carbocycles. The van der Waals surface area contributed by atoms with Crippen molar-refractivity contribution in [3.8, 4) is 0 Å². The van der Waals surface area contributed by atoms with Crippen LogP contribution in [0.3, 0.4) is 0 Å². The highest BCUT2D eigenvalue weighted by Gasteiger charge is 2.58. The summed E-state index contributed by atoms with van der Waals surface area (Å²) in [6.07, 6.45) is 5.80. The molecule has 14 atom stereocenters. The Hall–Kier alpha value is -1.83. The predicted molar refractivity (Wildman–Crippen MR) is 184 cm³/mol. The van der Waals surface area contributed by atoms with E-state index in [1.807, 2.05) is 0 Å². The number of aliphatic hydroxyl groups excluding tert-OH is 2. The fourth-order valence-electron chi connectivity index (χ4n) is 10.8. The molecular weight excluding hydrogens is 628 g/mol. The molecule has 12 heteroatoms. The van der Waals surface area contributed by atoms with E-state index in [2.05, 4.69) is 50.4 Å². The van der Waals surface area contributed by atoms with Gasteiger partial charge >= 0.3 is 5.97 Å². The van der Waals surface area contributed by atoms with Gasteiger partial charge in [-0.15, -0.1) is 0 Å². The van der Waals surface area contributed by atoms with Crippen molar-refractivity contribution in [1.82, 2.24) is 20.6 Å². The number of amides is 2. The number of carbonyl (C=O) groups is 3. The van der Waals surface area contributed by atoms with Crippen molar-refractivity contribution in [3.05, 3.63) is 0 Å². The van der Waals surface area contributed by atoms with Crippen LogP contribution in [0, 0.1) is 52.8 Å². The van der Waals surface area contributed by atoms with Crippen LogP contribution in [0.15, 0.2) is 0 Å². The van der Waals surface area contributed by atoms with E-state index < -0.39 is 30.1 Å². The molecule has 2 amide bonds. The van der Waals surface area contributed by atoms with Crippen LogP contribution >= 0.6 is 0 Å². The van der Waals surface area contributed by atoms with Crippen LogP contribution in [0.5, 0.6) is 0 Å². The van der Waals surface area contributed by atoms with Gasteiger partial charge in [-0.2, -0.15) is 5.06 Å². The molecule has 0 aromatic heterocycles. The van der Waals surface area contributed by atoms with Crippen LogP contribution in [-0.2, 0) is 28.7 Å². The molecule has 12 nitrogen and oxygen atoms in total. The smallest absolute Gasteiger partial charge is 0.325 e. The molecule has 6 fully saturated rings. The topological polar surface area (TPSA) is 150 Å². The van der Waals surface area contributed by atoms with Gasteiger partial charge in [-0.3, -0.25) is 19.2 Å². The van der Waals surface area contributed by atoms with Crippen molar-refractivity contribution in [1.29, 1.82) is 0 Å². The van der Waals surface area contributed by atoms with Gasteiger partial charge in [-0.1, -0.05) is 27.2 Å². The van der Waals surface area contributed by atoms with Gasteiger partial charge in [0.1, 0.15) is 18.7 Å². The number of aliphatic hydroxyl groups is 2. The zero-order valence-electron chi connectivity index (χ0n) is 31.1. The normalized spacial score (nSPS) is 41.1. The summed E-state index contributed by atoms with van der Waals surface area (Å²) in [5.41, 5.74) is 0.303. The number of hydrogen-bond donors (Lipinski definition) is 4. The first-order valence-corrected chi connectivity index (χ1v) is 18.8. The van der Waals surface area contributed by atoms with Crippen molar-refractivity contribution >= 4 is 17.8 Å². The van der Waals surface area contributed by atoms with E-state index in [4.69, 9.17) is 14.3 Å². The second-order valence-electron chi connectivity index (χ2n) is 16.9. The van der Waals surface area contributed by atoms with Gasteiger partial charge in [0.05, 0.1) is 25.9 Å². The fourth-order valence-corrected chi connectivity index (χ4v) is 10.8. The summed E-state index contributed by atoms with van der Waals surface area (Å²) in [5.74, 6) is 0.525. The van der Waals surface area contributed by atoms with Crippen LogP contribution in [0.4, 0.5) is 0 Å². The standard InChI is InChI=1S/C37H64N4O8/c1-20-28-15-25(37(28,3)4)16-29(20)39-36(46)33-32(21(2)43)30(19-42)49-41(33)18-22-10-9-11-27(34(22)48-8)23-12-24(14-26(13-23)40(5)6)35(45)38-17-31(44)47-7/h20-30,32-34,42-43H,9-19H2,1-8H3,(H,38,45)(H,39,46)/t20-,21-,22?,23?,24?,25+,26?,27?,28-,29-,30-,32+,33-,34?/m0/s1. The Bertz CT molecular complexity index is 1170. The van der Waals surface area contributed by atoms with Gasteiger partial charge in [0.15, 0.2) is 0 Å². The number of fused-ring (bicyclic) bond motifs is 2. The molecule has 6 aliphatic rings. The number of methoxy groups -OCH3 is 2. The molecule has 1 aliphatic heterocycles. The molecule has 0 spiro atoms. The minimum Gasteiger partial charge on any atom is -0.468 e. The second kappa shape index (κ2) is 15.8. The summed E-state index contributed by atoms with van der Waals surface area (Å²) >= 11 is 0. The monoisotopic (exact) mass is 692 g/mol. The molecule has 1 heterocycles.